The average Bonchev–Trinajstić information content (AvgIpc) is 2.06. The number of rotatable bonds is 0. The largest absolute Gasteiger partial charge is 0.0596 e. The minimum Gasteiger partial charge on any atom is -0.0596 e. The first kappa shape index (κ1) is 27.3. The fraction of sp³-hybridized carbons (Fsp3) is 1.00. The number of hydrogen-bond donors (Lipinski definition) is 0. The molecule has 143 valence electrons. The third kappa shape index (κ3) is 5.55. The van der Waals surface area contributed by atoms with Gasteiger partial charge in [-0.3, -0.25) is 0 Å². The quantitative estimate of drug-likeness (QED) is 0.374. The topological polar surface area (TPSA) is 0 Å². The van der Waals surface area contributed by atoms with Crippen LogP contribution in [0.25, 0.3) is 0 Å². The van der Waals surface area contributed by atoms with E-state index in [1.165, 1.54) is 19.3 Å². The van der Waals surface area contributed by atoms with Crippen LogP contribution in [0.3, 0.4) is 0 Å². The first-order valence-electron chi connectivity index (χ1n) is 9.71. The van der Waals surface area contributed by atoms with Crippen molar-refractivity contribution < 1.29 is 32.7 Å². The van der Waals surface area contributed by atoms with Gasteiger partial charge in [0, 0.05) is 32.7 Å². The van der Waals surface area contributed by atoms with Gasteiger partial charge in [-0.25, -0.2) is 0 Å². The Hall–Kier alpha value is 1.10. The molecular formula is C23H48Y. The SMILES string of the molecule is CC(C)(C)C(C)(C)C(C)(C)C.CC(C)(C)C1(C(C)(C)C)CCC1.[Y]. The van der Waals surface area contributed by atoms with Gasteiger partial charge in [-0.05, 0) is 45.3 Å². The van der Waals surface area contributed by atoms with Gasteiger partial charge in [0.25, 0.3) is 0 Å². The smallest absolute Gasteiger partial charge is 0 e. The maximum Gasteiger partial charge on any atom is 0 e. The molecule has 24 heavy (non-hydrogen) atoms. The van der Waals surface area contributed by atoms with Crippen molar-refractivity contribution in [1.29, 1.82) is 0 Å². The van der Waals surface area contributed by atoms with Gasteiger partial charge in [-0.2, -0.15) is 0 Å². The Morgan fingerprint density at radius 2 is 0.750 bits per heavy atom. The Balaban J connectivity index is 0. The summed E-state index contributed by atoms with van der Waals surface area (Å²) in [6, 6.07) is 0. The van der Waals surface area contributed by atoms with Gasteiger partial charge in [0.15, 0.2) is 0 Å². The van der Waals surface area contributed by atoms with Crippen LogP contribution in [0.4, 0.5) is 0 Å². The molecule has 0 N–H and O–H groups in total. The molecule has 1 radical (unpaired) electrons. The molecule has 1 aliphatic rings. The van der Waals surface area contributed by atoms with Crippen LogP contribution in [-0.4, -0.2) is 0 Å². The molecule has 1 rings (SSSR count). The van der Waals surface area contributed by atoms with Crippen molar-refractivity contribution >= 4 is 0 Å². The van der Waals surface area contributed by atoms with Crippen LogP contribution in [0.15, 0.2) is 0 Å². The van der Waals surface area contributed by atoms with Gasteiger partial charge in [0.2, 0.25) is 0 Å². The minimum absolute atomic E-state index is 0. The van der Waals surface area contributed by atoms with Gasteiger partial charge in [-0.15, -0.1) is 0 Å². The zero-order chi connectivity index (χ0) is 19.1. The van der Waals surface area contributed by atoms with E-state index in [1.807, 2.05) is 0 Å². The van der Waals surface area contributed by atoms with E-state index in [2.05, 4.69) is 96.9 Å². The van der Waals surface area contributed by atoms with E-state index in [0.29, 0.717) is 32.5 Å². The summed E-state index contributed by atoms with van der Waals surface area (Å²) in [5.74, 6) is 0. The first-order chi connectivity index (χ1) is 9.71. The summed E-state index contributed by atoms with van der Waals surface area (Å²) in [7, 11) is 0. The van der Waals surface area contributed by atoms with Crippen LogP contribution in [0.5, 0.6) is 0 Å². The van der Waals surface area contributed by atoms with Crippen LogP contribution in [0, 0.1) is 32.5 Å². The normalized spacial score (nSPS) is 18.8. The second-order valence-corrected chi connectivity index (χ2v) is 12.6. The fourth-order valence-electron chi connectivity index (χ4n) is 4.28. The Kier molecular flexibility index (Phi) is 9.11. The summed E-state index contributed by atoms with van der Waals surface area (Å²) in [6.45, 7) is 33.0. The molecule has 0 amide bonds. The van der Waals surface area contributed by atoms with E-state index < -0.39 is 0 Å². The maximum atomic E-state index is 2.40. The van der Waals surface area contributed by atoms with Crippen LogP contribution < -0.4 is 0 Å². The van der Waals surface area contributed by atoms with E-state index in [4.69, 9.17) is 0 Å². The molecule has 0 spiro atoms. The molecule has 0 aromatic rings. The van der Waals surface area contributed by atoms with Crippen molar-refractivity contribution in [2.24, 2.45) is 32.5 Å². The van der Waals surface area contributed by atoms with Gasteiger partial charge < -0.3 is 0 Å². The molecule has 0 nitrogen and oxygen atoms in total. The summed E-state index contributed by atoms with van der Waals surface area (Å²) < 4.78 is 0. The summed E-state index contributed by atoms with van der Waals surface area (Å²) in [4.78, 5) is 0. The van der Waals surface area contributed by atoms with Crippen molar-refractivity contribution in [3.05, 3.63) is 0 Å². The van der Waals surface area contributed by atoms with Crippen LogP contribution >= 0.6 is 0 Å². The maximum absolute atomic E-state index is 2.40. The second-order valence-electron chi connectivity index (χ2n) is 12.6. The van der Waals surface area contributed by atoms with E-state index in [-0.39, 0.29) is 32.7 Å². The van der Waals surface area contributed by atoms with Crippen molar-refractivity contribution in [1.82, 2.24) is 0 Å². The molecule has 1 fully saturated rings. The van der Waals surface area contributed by atoms with Gasteiger partial charge in [-0.1, -0.05) is 103 Å². The summed E-state index contributed by atoms with van der Waals surface area (Å²) in [5.41, 5.74) is 2.68. The molecule has 0 aromatic carbocycles. The Morgan fingerprint density at radius 3 is 0.750 bits per heavy atom. The molecule has 0 unspecified atom stereocenters. The second kappa shape index (κ2) is 8.00. The van der Waals surface area contributed by atoms with Crippen molar-refractivity contribution in [3.63, 3.8) is 0 Å². The fourth-order valence-corrected chi connectivity index (χ4v) is 4.28. The Bertz CT molecular complexity index is 338. The Morgan fingerprint density at radius 1 is 0.500 bits per heavy atom. The third-order valence-corrected chi connectivity index (χ3v) is 7.83. The molecule has 1 aliphatic carbocycles. The standard InChI is InChI=1S/C12H24.C11H24.Y/c1-10(2,3)12(8-7-9-12)11(4,5)6;1-9(2,3)11(7,8)10(4,5)6;/h7-9H2,1-6H3;1-8H3;. The zero-order valence-corrected chi connectivity index (χ0v) is 22.5. The van der Waals surface area contributed by atoms with Crippen LogP contribution in [0.1, 0.15) is 116 Å². The monoisotopic (exact) mass is 413 g/mol. The van der Waals surface area contributed by atoms with E-state index in [1.54, 1.807) is 0 Å². The first-order valence-corrected chi connectivity index (χ1v) is 9.71. The van der Waals surface area contributed by atoms with E-state index in [0.717, 1.165) is 0 Å². The zero-order valence-electron chi connectivity index (χ0n) is 19.7. The molecule has 0 aliphatic heterocycles. The van der Waals surface area contributed by atoms with Gasteiger partial charge in [0.1, 0.15) is 0 Å². The van der Waals surface area contributed by atoms with Crippen LogP contribution in [-0.2, 0) is 32.7 Å². The third-order valence-electron chi connectivity index (χ3n) is 7.83. The molecule has 1 heteroatoms. The molecule has 0 aromatic heterocycles. The molecular weight excluding hydrogens is 365 g/mol. The molecule has 0 atom stereocenters. The Labute approximate surface area is 180 Å². The molecule has 1 saturated carbocycles. The van der Waals surface area contributed by atoms with Gasteiger partial charge in [0.05, 0.1) is 0 Å². The van der Waals surface area contributed by atoms with E-state index in [9.17, 15) is 0 Å². The van der Waals surface area contributed by atoms with Gasteiger partial charge >= 0.3 is 0 Å². The molecule has 0 saturated heterocycles. The predicted octanol–water partition coefficient (Wildman–Crippen LogP) is 8.35. The van der Waals surface area contributed by atoms with Crippen molar-refractivity contribution in [3.8, 4) is 0 Å². The summed E-state index contributed by atoms with van der Waals surface area (Å²) in [5, 5.41) is 0. The minimum atomic E-state index is 0. The molecule has 0 heterocycles. The van der Waals surface area contributed by atoms with Crippen LogP contribution in [0.2, 0.25) is 0 Å². The van der Waals surface area contributed by atoms with Crippen molar-refractivity contribution in [2.75, 3.05) is 0 Å². The van der Waals surface area contributed by atoms with Crippen molar-refractivity contribution in [2.45, 2.75) is 116 Å². The number of hydrogen-bond acceptors (Lipinski definition) is 0. The molecule has 0 bridgehead atoms. The predicted molar refractivity (Wildman–Crippen MR) is 108 cm³/mol. The average molecular weight is 414 g/mol. The summed E-state index contributed by atoms with van der Waals surface area (Å²) >= 11 is 0. The van der Waals surface area contributed by atoms with E-state index >= 15 is 0 Å². The summed E-state index contributed by atoms with van der Waals surface area (Å²) in [6.07, 6.45) is 4.30.